The van der Waals surface area contributed by atoms with Crippen LogP contribution in [-0.2, 0) is 0 Å². The van der Waals surface area contributed by atoms with Crippen LogP contribution in [0.2, 0.25) is 0 Å². The molecule has 0 aromatic carbocycles. The Bertz CT molecular complexity index is 382. The van der Waals surface area contributed by atoms with Crippen molar-refractivity contribution in [3.05, 3.63) is 24.1 Å². The van der Waals surface area contributed by atoms with E-state index in [0.29, 0.717) is 6.42 Å². The molecule has 0 bridgehead atoms. The zero-order valence-corrected chi connectivity index (χ0v) is 11.2. The largest absolute Gasteiger partial charge is 0.210 e. The zero-order chi connectivity index (χ0) is 13.0. The second-order valence-electron chi connectivity index (χ2n) is 5.68. The van der Waals surface area contributed by atoms with Gasteiger partial charge in [-0.3, -0.25) is 0 Å². The van der Waals surface area contributed by atoms with Crippen molar-refractivity contribution in [3.8, 4) is 6.07 Å². The molecule has 0 aliphatic heterocycles. The van der Waals surface area contributed by atoms with Gasteiger partial charge in [-0.25, -0.2) is 4.39 Å². The van der Waals surface area contributed by atoms with E-state index in [9.17, 15) is 9.65 Å². The summed E-state index contributed by atoms with van der Waals surface area (Å²) in [5.74, 6) is 0.747. The Morgan fingerprint density at radius 3 is 2.67 bits per heavy atom. The van der Waals surface area contributed by atoms with E-state index in [2.05, 4.69) is 13.0 Å². The highest BCUT2D eigenvalue weighted by molar-refractivity contribution is 5.32. The first-order valence-corrected chi connectivity index (χ1v) is 7.18. The summed E-state index contributed by atoms with van der Waals surface area (Å²) in [6.45, 7) is 2.22. The molecule has 0 aromatic rings. The number of nitriles is 1. The standard InChI is InChI=1S/C16H22FN/c1-2-5-13-7-9-14(10-8-13)16(12-18)11-4-3-6-15(16)17/h4,6,11,13-14H,2-3,5,7-10H2,1H3. The minimum absolute atomic E-state index is 0.170. The van der Waals surface area contributed by atoms with Crippen molar-refractivity contribution in [1.82, 2.24) is 0 Å². The summed E-state index contributed by atoms with van der Waals surface area (Å²) in [5, 5.41) is 9.45. The lowest BCUT2D eigenvalue weighted by molar-refractivity contribution is 0.184. The van der Waals surface area contributed by atoms with Gasteiger partial charge < -0.3 is 0 Å². The van der Waals surface area contributed by atoms with Gasteiger partial charge in [0, 0.05) is 0 Å². The molecule has 2 heteroatoms. The molecule has 1 atom stereocenters. The molecule has 0 amide bonds. The Morgan fingerprint density at radius 2 is 2.11 bits per heavy atom. The predicted octanol–water partition coefficient (Wildman–Crippen LogP) is 4.92. The van der Waals surface area contributed by atoms with E-state index in [4.69, 9.17) is 0 Å². The van der Waals surface area contributed by atoms with Gasteiger partial charge in [-0.05, 0) is 37.2 Å². The minimum atomic E-state index is -0.949. The van der Waals surface area contributed by atoms with E-state index in [-0.39, 0.29) is 11.7 Å². The summed E-state index contributed by atoms with van der Waals surface area (Å²) in [6.07, 6.45) is 12.7. The van der Waals surface area contributed by atoms with Crippen molar-refractivity contribution in [3.63, 3.8) is 0 Å². The summed E-state index contributed by atoms with van der Waals surface area (Å²) in [6, 6.07) is 2.25. The molecule has 18 heavy (non-hydrogen) atoms. The summed E-state index contributed by atoms with van der Waals surface area (Å²) in [7, 11) is 0. The summed E-state index contributed by atoms with van der Waals surface area (Å²) >= 11 is 0. The highest BCUT2D eigenvalue weighted by Gasteiger charge is 2.43. The fraction of sp³-hybridized carbons (Fsp3) is 0.688. The molecule has 0 N–H and O–H groups in total. The van der Waals surface area contributed by atoms with E-state index in [0.717, 1.165) is 31.6 Å². The fourth-order valence-electron chi connectivity index (χ4n) is 3.50. The van der Waals surface area contributed by atoms with Crippen molar-refractivity contribution >= 4 is 0 Å². The average Bonchev–Trinajstić information content (AvgIpc) is 2.41. The Labute approximate surface area is 109 Å². The minimum Gasteiger partial charge on any atom is -0.210 e. The van der Waals surface area contributed by atoms with E-state index in [1.165, 1.54) is 12.8 Å². The van der Waals surface area contributed by atoms with Gasteiger partial charge in [0.15, 0.2) is 0 Å². The fourth-order valence-corrected chi connectivity index (χ4v) is 3.50. The average molecular weight is 247 g/mol. The Hall–Kier alpha value is -1.10. The molecule has 2 aliphatic rings. The third-order valence-electron chi connectivity index (χ3n) is 4.58. The topological polar surface area (TPSA) is 23.8 Å². The van der Waals surface area contributed by atoms with Crippen molar-refractivity contribution < 1.29 is 4.39 Å². The lowest BCUT2D eigenvalue weighted by Gasteiger charge is -2.37. The first-order valence-electron chi connectivity index (χ1n) is 7.18. The molecule has 1 nitrogen and oxygen atoms in total. The van der Waals surface area contributed by atoms with Gasteiger partial charge in [-0.15, -0.1) is 0 Å². The van der Waals surface area contributed by atoms with Crippen LogP contribution in [0.4, 0.5) is 4.39 Å². The first kappa shape index (κ1) is 13.3. The van der Waals surface area contributed by atoms with Crippen LogP contribution in [0, 0.1) is 28.6 Å². The Kier molecular flexibility index (Phi) is 4.22. The van der Waals surface area contributed by atoms with E-state index < -0.39 is 5.41 Å². The molecular weight excluding hydrogens is 225 g/mol. The molecule has 0 radical (unpaired) electrons. The van der Waals surface area contributed by atoms with E-state index in [1.807, 2.05) is 12.2 Å². The number of hydrogen-bond donors (Lipinski definition) is 0. The molecule has 0 heterocycles. The molecule has 1 saturated carbocycles. The molecule has 0 saturated heterocycles. The van der Waals surface area contributed by atoms with Crippen LogP contribution in [0.25, 0.3) is 0 Å². The second kappa shape index (κ2) is 5.69. The highest BCUT2D eigenvalue weighted by atomic mass is 19.1. The van der Waals surface area contributed by atoms with Crippen LogP contribution in [0.1, 0.15) is 51.9 Å². The maximum atomic E-state index is 14.1. The van der Waals surface area contributed by atoms with Crippen LogP contribution >= 0.6 is 0 Å². The van der Waals surface area contributed by atoms with Crippen molar-refractivity contribution in [2.45, 2.75) is 51.9 Å². The van der Waals surface area contributed by atoms with Gasteiger partial charge in [0.2, 0.25) is 0 Å². The molecular formula is C16H22FN. The summed E-state index contributed by atoms with van der Waals surface area (Å²) < 4.78 is 14.1. The monoisotopic (exact) mass is 247 g/mol. The maximum Gasteiger partial charge on any atom is 0.129 e. The van der Waals surface area contributed by atoms with Crippen LogP contribution in [0.5, 0.6) is 0 Å². The van der Waals surface area contributed by atoms with E-state index in [1.54, 1.807) is 6.08 Å². The predicted molar refractivity (Wildman–Crippen MR) is 71.4 cm³/mol. The summed E-state index contributed by atoms with van der Waals surface area (Å²) in [5.41, 5.74) is -0.949. The lowest BCUT2D eigenvalue weighted by Crippen LogP contribution is -2.32. The third kappa shape index (κ3) is 2.36. The zero-order valence-electron chi connectivity index (χ0n) is 11.2. The number of halogens is 1. The SMILES string of the molecule is CCCC1CCC(C2(C#N)C=CCC=C2F)CC1. The third-order valence-corrected chi connectivity index (χ3v) is 4.58. The van der Waals surface area contributed by atoms with Crippen LogP contribution in [-0.4, -0.2) is 0 Å². The number of nitrogens with zero attached hydrogens (tertiary/aromatic N) is 1. The molecule has 2 aliphatic carbocycles. The van der Waals surface area contributed by atoms with Gasteiger partial charge >= 0.3 is 0 Å². The molecule has 1 unspecified atom stereocenters. The normalized spacial score (nSPS) is 35.9. The van der Waals surface area contributed by atoms with E-state index >= 15 is 0 Å². The first-order chi connectivity index (χ1) is 8.73. The Morgan fingerprint density at radius 1 is 1.39 bits per heavy atom. The molecule has 98 valence electrons. The quantitative estimate of drug-likeness (QED) is 0.650. The number of allylic oxidation sites excluding steroid dienone is 4. The lowest BCUT2D eigenvalue weighted by atomic mass is 9.65. The van der Waals surface area contributed by atoms with Crippen molar-refractivity contribution in [2.24, 2.45) is 17.3 Å². The van der Waals surface area contributed by atoms with Gasteiger partial charge in [-0.1, -0.05) is 44.8 Å². The van der Waals surface area contributed by atoms with Crippen LogP contribution in [0.3, 0.4) is 0 Å². The van der Waals surface area contributed by atoms with Crippen molar-refractivity contribution in [1.29, 1.82) is 5.26 Å². The molecule has 1 fully saturated rings. The maximum absolute atomic E-state index is 14.1. The second-order valence-corrected chi connectivity index (χ2v) is 5.68. The molecule has 0 spiro atoms. The Balaban J connectivity index is 2.08. The van der Waals surface area contributed by atoms with Crippen molar-refractivity contribution in [2.75, 3.05) is 0 Å². The molecule has 2 rings (SSSR count). The van der Waals surface area contributed by atoms with Crippen LogP contribution in [0.15, 0.2) is 24.1 Å². The highest BCUT2D eigenvalue weighted by Crippen LogP contribution is 2.48. The van der Waals surface area contributed by atoms with Gasteiger partial charge in [0.1, 0.15) is 11.2 Å². The smallest absolute Gasteiger partial charge is 0.129 e. The van der Waals surface area contributed by atoms with Crippen LogP contribution < -0.4 is 0 Å². The van der Waals surface area contributed by atoms with Gasteiger partial charge in [0.25, 0.3) is 0 Å². The van der Waals surface area contributed by atoms with Gasteiger partial charge in [0.05, 0.1) is 6.07 Å². The van der Waals surface area contributed by atoms with Gasteiger partial charge in [-0.2, -0.15) is 5.26 Å². The number of rotatable bonds is 3. The molecule has 0 aromatic heterocycles. The number of hydrogen-bond acceptors (Lipinski definition) is 1. The summed E-state index contributed by atoms with van der Waals surface area (Å²) in [4.78, 5) is 0.